The largest absolute Gasteiger partial charge is 0.366 e. The molecule has 0 bridgehead atoms. The molecular weight excluding hydrogens is 418 g/mol. The molecule has 1 fully saturated rings. The van der Waals surface area contributed by atoms with Gasteiger partial charge in [0, 0.05) is 30.7 Å². The summed E-state index contributed by atoms with van der Waals surface area (Å²) in [4.78, 5) is 21.8. The summed E-state index contributed by atoms with van der Waals surface area (Å²) >= 11 is 0. The van der Waals surface area contributed by atoms with Crippen LogP contribution in [0.4, 0.5) is 11.5 Å². The second-order valence-corrected chi connectivity index (χ2v) is 8.24. The van der Waals surface area contributed by atoms with Gasteiger partial charge in [0.1, 0.15) is 12.1 Å². The first-order valence-corrected chi connectivity index (χ1v) is 11.0. The van der Waals surface area contributed by atoms with Crippen LogP contribution in [-0.2, 0) is 0 Å². The topological polar surface area (TPSA) is 114 Å². The molecule has 10 nitrogen and oxygen atoms in total. The lowest BCUT2D eigenvalue weighted by molar-refractivity contribution is 0.102. The highest BCUT2D eigenvalue weighted by Gasteiger charge is 2.20. The number of carbonyl (C=O) groups excluding carboxylic acids is 1. The molecule has 2 aliphatic heterocycles. The third kappa shape index (κ3) is 3.74. The zero-order valence-electron chi connectivity index (χ0n) is 17.9. The zero-order chi connectivity index (χ0) is 22.2. The molecule has 10 heteroatoms. The molecule has 0 atom stereocenters. The van der Waals surface area contributed by atoms with Crippen molar-refractivity contribution in [2.75, 3.05) is 30.3 Å². The first-order valence-electron chi connectivity index (χ1n) is 11.0. The summed E-state index contributed by atoms with van der Waals surface area (Å²) in [6.45, 7) is 2.64. The Bertz CT molecular complexity index is 1360. The molecule has 2 aliphatic rings. The lowest BCUT2D eigenvalue weighted by atomic mass is 9.95. The van der Waals surface area contributed by atoms with Crippen molar-refractivity contribution < 1.29 is 4.79 Å². The number of hydrogen-bond acceptors (Lipinski definition) is 7. The third-order valence-electron chi connectivity index (χ3n) is 6.15. The van der Waals surface area contributed by atoms with Crippen molar-refractivity contribution in [3.05, 3.63) is 72.1 Å². The number of fused-ring (bicyclic) bond motifs is 2. The van der Waals surface area contributed by atoms with Gasteiger partial charge in [0.05, 0.1) is 23.5 Å². The highest BCUT2D eigenvalue weighted by molar-refractivity contribution is 6.05. The maximum atomic E-state index is 13.0. The summed E-state index contributed by atoms with van der Waals surface area (Å²) in [5, 5.41) is 18.2. The number of amides is 1. The summed E-state index contributed by atoms with van der Waals surface area (Å²) in [6, 6.07) is 6.21. The van der Waals surface area contributed by atoms with Crippen LogP contribution in [0.2, 0.25) is 0 Å². The second-order valence-electron chi connectivity index (χ2n) is 8.24. The highest BCUT2D eigenvalue weighted by Crippen LogP contribution is 2.32. The number of aromatic nitrogens is 6. The SMILES string of the molecule is O=C(Nc1cnn(C2CCNCC2)c1)c1cnc2c(c1)C(c1ccn3ncnc3c1)=CCN2. The van der Waals surface area contributed by atoms with Gasteiger partial charge in [0.2, 0.25) is 0 Å². The van der Waals surface area contributed by atoms with Crippen molar-refractivity contribution in [2.24, 2.45) is 0 Å². The lowest BCUT2D eigenvalue weighted by Crippen LogP contribution is -2.29. The van der Waals surface area contributed by atoms with Crippen molar-refractivity contribution in [1.82, 2.24) is 34.7 Å². The van der Waals surface area contributed by atoms with Gasteiger partial charge in [0.15, 0.2) is 5.65 Å². The minimum Gasteiger partial charge on any atom is -0.366 e. The van der Waals surface area contributed by atoms with E-state index in [0.29, 0.717) is 23.8 Å². The predicted octanol–water partition coefficient (Wildman–Crippen LogP) is 2.35. The molecule has 0 unspecified atom stereocenters. The summed E-state index contributed by atoms with van der Waals surface area (Å²) in [5.41, 5.74) is 4.82. The van der Waals surface area contributed by atoms with Gasteiger partial charge in [-0.3, -0.25) is 9.48 Å². The molecule has 6 heterocycles. The van der Waals surface area contributed by atoms with Crippen LogP contribution in [0.5, 0.6) is 0 Å². The van der Waals surface area contributed by atoms with Gasteiger partial charge in [-0.15, -0.1) is 0 Å². The summed E-state index contributed by atoms with van der Waals surface area (Å²) in [5.74, 6) is 0.539. The number of rotatable bonds is 4. The molecule has 166 valence electrons. The number of anilines is 2. The lowest BCUT2D eigenvalue weighted by Gasteiger charge is -2.22. The van der Waals surface area contributed by atoms with Crippen LogP contribution in [-0.4, -0.2) is 54.9 Å². The second kappa shape index (κ2) is 8.14. The number of nitrogens with one attached hydrogen (secondary N) is 3. The van der Waals surface area contributed by atoms with Crippen molar-refractivity contribution in [1.29, 1.82) is 0 Å². The maximum Gasteiger partial charge on any atom is 0.257 e. The monoisotopic (exact) mass is 441 g/mol. The molecule has 1 saturated heterocycles. The van der Waals surface area contributed by atoms with E-state index < -0.39 is 0 Å². The van der Waals surface area contributed by atoms with Gasteiger partial charge < -0.3 is 16.0 Å². The van der Waals surface area contributed by atoms with Gasteiger partial charge in [-0.05, 0) is 55.3 Å². The number of nitrogens with zero attached hydrogens (tertiary/aromatic N) is 6. The van der Waals surface area contributed by atoms with Crippen LogP contribution in [0, 0.1) is 0 Å². The number of carbonyl (C=O) groups is 1. The van der Waals surface area contributed by atoms with Gasteiger partial charge >= 0.3 is 0 Å². The molecule has 0 aromatic carbocycles. The molecule has 3 N–H and O–H groups in total. The molecule has 4 aromatic rings. The van der Waals surface area contributed by atoms with Gasteiger partial charge in [0.25, 0.3) is 5.91 Å². The molecule has 0 radical (unpaired) electrons. The number of hydrogen-bond donors (Lipinski definition) is 3. The van der Waals surface area contributed by atoms with Crippen LogP contribution in [0.25, 0.3) is 11.2 Å². The van der Waals surface area contributed by atoms with E-state index in [1.807, 2.05) is 35.3 Å². The van der Waals surface area contributed by atoms with Crippen molar-refractivity contribution in [3.8, 4) is 0 Å². The summed E-state index contributed by atoms with van der Waals surface area (Å²) in [6.07, 6.45) is 12.8. The summed E-state index contributed by atoms with van der Waals surface area (Å²) < 4.78 is 3.67. The van der Waals surface area contributed by atoms with E-state index >= 15 is 0 Å². The van der Waals surface area contributed by atoms with Crippen LogP contribution >= 0.6 is 0 Å². The Labute approximate surface area is 189 Å². The van der Waals surface area contributed by atoms with Gasteiger partial charge in [-0.25, -0.2) is 14.5 Å². The molecule has 1 amide bonds. The average Bonchev–Trinajstić information content (AvgIpc) is 3.53. The Kier molecular flexibility index (Phi) is 4.84. The van der Waals surface area contributed by atoms with E-state index in [-0.39, 0.29) is 5.91 Å². The van der Waals surface area contributed by atoms with E-state index in [2.05, 4.69) is 42.2 Å². The number of piperidine rings is 1. The Morgan fingerprint density at radius 3 is 2.94 bits per heavy atom. The minimum atomic E-state index is -0.215. The van der Waals surface area contributed by atoms with Crippen LogP contribution < -0.4 is 16.0 Å². The molecule has 0 saturated carbocycles. The standard InChI is InChI=1S/C23H23N9O/c33-23(30-17-12-28-32(13-17)18-1-5-24-6-2-18)16-9-20-19(3-7-25-22(20)26-11-16)15-4-8-31-21(10-15)27-14-29-31/h3-4,8-14,18,24H,1-2,5-7H2,(H,25,26)(H,30,33). The van der Waals surface area contributed by atoms with Crippen LogP contribution in [0.3, 0.4) is 0 Å². The molecule has 33 heavy (non-hydrogen) atoms. The molecular formula is C23H23N9O. The fourth-order valence-corrected chi connectivity index (χ4v) is 4.43. The summed E-state index contributed by atoms with van der Waals surface area (Å²) in [7, 11) is 0. The molecule has 6 rings (SSSR count). The van der Waals surface area contributed by atoms with Crippen LogP contribution in [0.15, 0.2) is 55.4 Å². The highest BCUT2D eigenvalue weighted by atomic mass is 16.1. The van der Waals surface area contributed by atoms with E-state index in [0.717, 1.165) is 54.1 Å². The van der Waals surface area contributed by atoms with E-state index in [4.69, 9.17) is 0 Å². The van der Waals surface area contributed by atoms with E-state index in [1.165, 1.54) is 6.33 Å². The first kappa shape index (κ1) is 19.6. The van der Waals surface area contributed by atoms with Crippen molar-refractivity contribution >= 4 is 28.6 Å². The normalized spacial score (nSPS) is 16.2. The molecule has 4 aromatic heterocycles. The van der Waals surface area contributed by atoms with Crippen molar-refractivity contribution in [2.45, 2.75) is 18.9 Å². The predicted molar refractivity (Wildman–Crippen MR) is 124 cm³/mol. The number of pyridine rings is 2. The third-order valence-corrected chi connectivity index (χ3v) is 6.15. The Hall–Kier alpha value is -4.05. The van der Waals surface area contributed by atoms with Gasteiger partial charge in [-0.1, -0.05) is 6.08 Å². The average molecular weight is 441 g/mol. The first-order chi connectivity index (χ1) is 16.2. The fraction of sp³-hybridized carbons (Fsp3) is 0.261. The smallest absolute Gasteiger partial charge is 0.257 e. The fourth-order valence-electron chi connectivity index (χ4n) is 4.43. The zero-order valence-corrected chi connectivity index (χ0v) is 17.9. The maximum absolute atomic E-state index is 13.0. The van der Waals surface area contributed by atoms with Crippen LogP contribution in [0.1, 0.15) is 40.4 Å². The van der Waals surface area contributed by atoms with Gasteiger partial charge in [-0.2, -0.15) is 10.2 Å². The van der Waals surface area contributed by atoms with E-state index in [1.54, 1.807) is 16.9 Å². The van der Waals surface area contributed by atoms with E-state index in [9.17, 15) is 4.79 Å². The Morgan fingerprint density at radius 1 is 1.12 bits per heavy atom. The van der Waals surface area contributed by atoms with Crippen molar-refractivity contribution in [3.63, 3.8) is 0 Å². The quantitative estimate of drug-likeness (QED) is 0.445. The Balaban J connectivity index is 1.25. The molecule has 0 spiro atoms. The Morgan fingerprint density at radius 2 is 2.03 bits per heavy atom. The minimum absolute atomic E-state index is 0.215. The molecule has 0 aliphatic carbocycles.